The van der Waals surface area contributed by atoms with Crippen LogP contribution in [0.2, 0.25) is 0 Å². The maximum Gasteiger partial charge on any atom is 0.407 e. The summed E-state index contributed by atoms with van der Waals surface area (Å²) in [5.41, 5.74) is 1.57. The largest absolute Gasteiger partial charge is 0.461 e. The Hall–Kier alpha value is -7.89. The van der Waals surface area contributed by atoms with E-state index in [2.05, 4.69) is 48.6 Å². The topological polar surface area (TPSA) is 217 Å². The minimum atomic E-state index is -1.07. The number of pyridine rings is 1. The molecule has 2 aromatic heterocycles. The maximum absolute atomic E-state index is 17.2. The first-order valence-electron chi connectivity index (χ1n) is 26.9. The van der Waals surface area contributed by atoms with Gasteiger partial charge in [0.15, 0.2) is 5.82 Å². The van der Waals surface area contributed by atoms with Crippen molar-refractivity contribution in [3.63, 3.8) is 0 Å². The molecule has 6 aliphatic rings. The lowest BCUT2D eigenvalue weighted by atomic mass is 9.94. The van der Waals surface area contributed by atoms with E-state index in [1.54, 1.807) is 36.5 Å². The summed E-state index contributed by atoms with van der Waals surface area (Å²) in [4.78, 5) is 95.4. The highest BCUT2D eigenvalue weighted by Crippen LogP contribution is 2.45. The molecule has 20 heteroatoms. The summed E-state index contributed by atoms with van der Waals surface area (Å²) in [7, 11) is 0. The van der Waals surface area contributed by atoms with E-state index in [1.807, 2.05) is 0 Å². The van der Waals surface area contributed by atoms with Crippen LogP contribution in [0.3, 0.4) is 0 Å². The van der Waals surface area contributed by atoms with Crippen molar-refractivity contribution in [1.82, 2.24) is 40.7 Å². The van der Waals surface area contributed by atoms with Crippen molar-refractivity contribution in [2.75, 3.05) is 49.6 Å². The number of piperazine rings is 1. The first-order chi connectivity index (χ1) is 37.8. The van der Waals surface area contributed by atoms with Crippen molar-refractivity contribution in [3.05, 3.63) is 95.2 Å². The molecule has 5 atom stereocenters. The number of hydrogen-bond acceptors (Lipinski definition) is 14. The number of amides is 6. The molecule has 5 fully saturated rings. The number of imide groups is 2. The van der Waals surface area contributed by atoms with E-state index in [0.29, 0.717) is 72.2 Å². The van der Waals surface area contributed by atoms with E-state index in [4.69, 9.17) is 25.9 Å². The molecule has 18 nitrogen and oxygen atoms in total. The highest BCUT2D eigenvalue weighted by atomic mass is 19.1. The number of fused-ring (bicyclic) bond motifs is 6. The lowest BCUT2D eigenvalue weighted by Gasteiger charge is -2.35. The molecule has 5 unspecified atom stereocenters. The van der Waals surface area contributed by atoms with Gasteiger partial charge in [-0.15, -0.1) is 6.42 Å². The van der Waals surface area contributed by atoms with Crippen LogP contribution < -0.4 is 30.9 Å². The Morgan fingerprint density at radius 1 is 0.910 bits per heavy atom. The van der Waals surface area contributed by atoms with Gasteiger partial charge in [-0.2, -0.15) is 9.97 Å². The number of ether oxygens (including phenoxy) is 2. The Morgan fingerprint density at radius 2 is 1.69 bits per heavy atom. The number of unbranched alkanes of at least 4 members (excludes halogenated alkanes) is 5. The number of alkyl carbamates (subject to hydrolysis) is 1. The van der Waals surface area contributed by atoms with Crippen LogP contribution in [0.4, 0.5) is 25.1 Å². The first-order valence-corrected chi connectivity index (χ1v) is 26.9. The van der Waals surface area contributed by atoms with Crippen LogP contribution in [0.25, 0.3) is 32.9 Å². The number of halogens is 2. The Balaban J connectivity index is 0.644. The molecule has 78 heavy (non-hydrogen) atoms. The van der Waals surface area contributed by atoms with Gasteiger partial charge in [-0.1, -0.05) is 68.0 Å². The van der Waals surface area contributed by atoms with E-state index in [0.717, 1.165) is 68.3 Å². The van der Waals surface area contributed by atoms with Crippen molar-refractivity contribution in [2.45, 2.75) is 120 Å². The van der Waals surface area contributed by atoms with E-state index >= 15 is 8.78 Å². The third kappa shape index (κ3) is 10.2. The molecule has 6 aliphatic heterocycles. The third-order valence-electron chi connectivity index (χ3n) is 16.2. The van der Waals surface area contributed by atoms with Crippen LogP contribution in [0.15, 0.2) is 66.9 Å². The second kappa shape index (κ2) is 21.9. The Morgan fingerprint density at radius 3 is 2.49 bits per heavy atom. The highest BCUT2D eigenvalue weighted by molar-refractivity contribution is 6.24. The van der Waals surface area contributed by atoms with E-state index in [-0.39, 0.29) is 90.4 Å². The lowest BCUT2D eigenvalue weighted by Crippen LogP contribution is -2.54. The summed E-state index contributed by atoms with van der Waals surface area (Å²) < 4.78 is 44.5. The SMILES string of the molecule is C#Cc1c(F)ccc2cccc(-c3ncc4c(N5CC6CCC(C5)N6)nc(OCC56CCC(COC(=O)NCCCCCCCCC(=O)Nc7ccc8c(c7)C(=O)N(C7CCC(=O)NC7=O)C8=O)N5CC(=C)C6)nc4c3F)c12. The van der Waals surface area contributed by atoms with Gasteiger partial charge in [-0.05, 0) is 81.0 Å². The van der Waals surface area contributed by atoms with Gasteiger partial charge < -0.3 is 30.3 Å². The normalized spacial score (nSPS) is 22.7. The molecule has 404 valence electrons. The molecular weight excluding hydrogens is 1000 g/mol. The number of nitrogens with zero attached hydrogens (tertiary/aromatic N) is 6. The van der Waals surface area contributed by atoms with Gasteiger partial charge in [0.25, 0.3) is 11.8 Å². The van der Waals surface area contributed by atoms with Gasteiger partial charge in [0.05, 0.1) is 27.6 Å². The van der Waals surface area contributed by atoms with Crippen LogP contribution in [-0.4, -0.2) is 129 Å². The van der Waals surface area contributed by atoms with Gasteiger partial charge in [0.2, 0.25) is 17.7 Å². The van der Waals surface area contributed by atoms with Crippen LogP contribution in [-0.2, 0) is 19.1 Å². The quantitative estimate of drug-likeness (QED) is 0.0299. The average Bonchev–Trinajstić information content (AvgIpc) is 4.15. The van der Waals surface area contributed by atoms with Crippen molar-refractivity contribution >= 4 is 68.8 Å². The molecule has 0 saturated carbocycles. The third-order valence-corrected chi connectivity index (χ3v) is 16.2. The highest BCUT2D eigenvalue weighted by Gasteiger charge is 2.52. The molecule has 5 saturated heterocycles. The smallest absolute Gasteiger partial charge is 0.407 e. The molecule has 8 heterocycles. The minimum absolute atomic E-state index is 0.0127. The second-order valence-corrected chi connectivity index (χ2v) is 21.4. The standard InChI is InChI=1S/C58H60F2N10O8/c1-3-39-44(59)19-14-34-11-10-12-41(48(34)39)50-49(60)51-43(27-62-50)52(68-29-36-15-16-37(30-68)63-36)67-56(66-51)78-32-58-23-22-38(69(58)28-33(2)26-58)31-77-57(76)61-24-9-7-5-4-6-8-13-46(71)64-35-17-18-40-42(25-35)55(75)70(54(40)74)45-20-21-47(72)65-53(45)73/h1,10-12,14,17-19,25,27,36-38,45,63H,2,4-9,13,15-16,20-24,26,28-32H2,(H,61,76)(H,64,71)(H,65,72,73). The fourth-order valence-electron chi connectivity index (χ4n) is 12.4. The molecule has 0 aliphatic carbocycles. The summed E-state index contributed by atoms with van der Waals surface area (Å²) in [6.07, 6.45) is 16.4. The van der Waals surface area contributed by atoms with E-state index in [1.165, 1.54) is 18.2 Å². The number of hydrogen-bond donors (Lipinski definition) is 4. The lowest BCUT2D eigenvalue weighted by molar-refractivity contribution is -0.136. The molecule has 5 aromatic rings. The van der Waals surface area contributed by atoms with E-state index < -0.39 is 52.9 Å². The van der Waals surface area contributed by atoms with Crippen molar-refractivity contribution in [1.29, 1.82) is 0 Å². The van der Waals surface area contributed by atoms with Gasteiger partial charge in [0, 0.05) is 80.0 Å². The zero-order chi connectivity index (χ0) is 54.2. The maximum atomic E-state index is 17.2. The monoisotopic (exact) mass is 1060 g/mol. The molecule has 4 N–H and O–H groups in total. The van der Waals surface area contributed by atoms with Crippen LogP contribution >= 0.6 is 0 Å². The number of nitrogens with one attached hydrogen (secondary N) is 4. The molecule has 11 rings (SSSR count). The molecule has 0 spiro atoms. The second-order valence-electron chi connectivity index (χ2n) is 21.4. The van der Waals surface area contributed by atoms with Crippen LogP contribution in [0.1, 0.15) is 116 Å². The number of terminal acetylenes is 1. The van der Waals surface area contributed by atoms with Gasteiger partial charge in [-0.3, -0.25) is 44.1 Å². The van der Waals surface area contributed by atoms with Crippen molar-refractivity contribution in [2.24, 2.45) is 0 Å². The number of aromatic nitrogens is 3. The minimum Gasteiger partial charge on any atom is -0.461 e. The summed E-state index contributed by atoms with van der Waals surface area (Å²) in [6, 6.07) is 12.0. The summed E-state index contributed by atoms with van der Waals surface area (Å²) in [5.74, 6) is -0.904. The molecule has 3 aromatic carbocycles. The summed E-state index contributed by atoms with van der Waals surface area (Å²) in [5, 5.41) is 13.0. The number of piperidine rings is 1. The number of benzene rings is 3. The number of rotatable bonds is 18. The molecule has 2 bridgehead atoms. The van der Waals surface area contributed by atoms with Crippen molar-refractivity contribution < 1.29 is 47.0 Å². The predicted molar refractivity (Wildman–Crippen MR) is 285 cm³/mol. The summed E-state index contributed by atoms with van der Waals surface area (Å²) in [6.45, 7) is 7.12. The zero-order valence-corrected chi connectivity index (χ0v) is 43.1. The van der Waals surface area contributed by atoms with Crippen LogP contribution in [0, 0.1) is 24.0 Å². The molecular formula is C58H60F2N10O8. The molecule has 0 radical (unpaired) electrons. The average molecular weight is 1060 g/mol. The Kier molecular flexibility index (Phi) is 14.6. The number of carbonyl (C=O) groups excluding carboxylic acids is 6. The first kappa shape index (κ1) is 52.2. The predicted octanol–water partition coefficient (Wildman–Crippen LogP) is 7.08. The zero-order valence-electron chi connectivity index (χ0n) is 43.1. The van der Waals surface area contributed by atoms with E-state index in [9.17, 15) is 28.8 Å². The number of carbonyl (C=O) groups is 6. The van der Waals surface area contributed by atoms with Gasteiger partial charge in [0.1, 0.15) is 42.1 Å². The fraction of sp³-hybridized carbons (Fsp3) is 0.431. The van der Waals surface area contributed by atoms with Crippen LogP contribution in [0.5, 0.6) is 6.01 Å². The summed E-state index contributed by atoms with van der Waals surface area (Å²) >= 11 is 0. The van der Waals surface area contributed by atoms with Gasteiger partial charge in [-0.25, -0.2) is 13.6 Å². The van der Waals surface area contributed by atoms with Gasteiger partial charge >= 0.3 is 12.1 Å². The molecule has 6 amide bonds. The Bertz CT molecular complexity index is 3340. The fourth-order valence-corrected chi connectivity index (χ4v) is 12.4. The van der Waals surface area contributed by atoms with Crippen molar-refractivity contribution in [3.8, 4) is 29.6 Å². The number of anilines is 2. The Labute approximate surface area is 449 Å².